The zero-order valence-electron chi connectivity index (χ0n) is 19.9. The molecule has 12 heteroatoms. The second-order valence-corrected chi connectivity index (χ2v) is 8.89. The lowest BCUT2D eigenvalue weighted by Gasteiger charge is -2.34. The number of anilines is 1. The van der Waals surface area contributed by atoms with E-state index in [2.05, 4.69) is 10.3 Å². The van der Waals surface area contributed by atoms with E-state index < -0.39 is 6.04 Å². The van der Waals surface area contributed by atoms with Crippen molar-refractivity contribution in [2.75, 3.05) is 45.7 Å². The van der Waals surface area contributed by atoms with Gasteiger partial charge in [-0.1, -0.05) is 0 Å². The predicted molar refractivity (Wildman–Crippen MR) is 132 cm³/mol. The van der Waals surface area contributed by atoms with E-state index in [9.17, 15) is 14.4 Å². The number of amides is 2. The summed E-state index contributed by atoms with van der Waals surface area (Å²) in [6.45, 7) is 1.71. The number of furan rings is 1. The Morgan fingerprint density at radius 1 is 1.14 bits per heavy atom. The first-order valence-electron chi connectivity index (χ1n) is 11.5. The quantitative estimate of drug-likeness (QED) is 0.498. The van der Waals surface area contributed by atoms with E-state index in [-0.39, 0.29) is 34.7 Å². The van der Waals surface area contributed by atoms with E-state index in [0.29, 0.717) is 60.8 Å². The Kier molecular flexibility index (Phi) is 6.35. The van der Waals surface area contributed by atoms with Crippen molar-refractivity contribution in [1.29, 1.82) is 0 Å². The van der Waals surface area contributed by atoms with Crippen LogP contribution in [-0.2, 0) is 4.79 Å². The lowest BCUT2D eigenvalue weighted by Crippen LogP contribution is -2.50. The fraction of sp³-hybridized carbons (Fsp3) is 0.375. The molecule has 11 nitrogen and oxygen atoms in total. The van der Waals surface area contributed by atoms with Gasteiger partial charge in [-0.3, -0.25) is 14.4 Å². The van der Waals surface area contributed by atoms with Gasteiger partial charge in [-0.15, -0.1) is 0 Å². The third-order valence-corrected chi connectivity index (χ3v) is 6.79. The van der Waals surface area contributed by atoms with Gasteiger partial charge < -0.3 is 29.0 Å². The lowest BCUT2D eigenvalue weighted by molar-refractivity contribution is -0.132. The molecule has 36 heavy (non-hydrogen) atoms. The van der Waals surface area contributed by atoms with Crippen LogP contribution in [0.1, 0.15) is 28.2 Å². The van der Waals surface area contributed by atoms with Gasteiger partial charge in [0.2, 0.25) is 10.7 Å². The molecule has 0 radical (unpaired) electrons. The Hall–Kier alpha value is -3.93. The second-order valence-electron chi connectivity index (χ2n) is 8.53. The number of carbonyl (C=O) groups excluding carboxylic acids is 3. The maximum Gasteiger partial charge on any atom is 0.289 e. The van der Waals surface area contributed by atoms with Gasteiger partial charge >= 0.3 is 0 Å². The fourth-order valence-electron chi connectivity index (χ4n) is 4.59. The van der Waals surface area contributed by atoms with Crippen molar-refractivity contribution < 1.29 is 28.3 Å². The SMILES string of the molecule is COc1cc2nc(=S)n3c(c2cc1OC)NC(CCC(=O)N1CCN(C(=O)c2ccco2)CC1)C3=O. The van der Waals surface area contributed by atoms with E-state index in [1.165, 1.54) is 25.0 Å². The monoisotopic (exact) mass is 511 g/mol. The number of fused-ring (bicyclic) bond motifs is 3. The summed E-state index contributed by atoms with van der Waals surface area (Å²) in [5.74, 6) is 1.33. The Morgan fingerprint density at radius 3 is 2.50 bits per heavy atom. The maximum atomic E-state index is 13.1. The molecule has 1 atom stereocenters. The molecule has 4 heterocycles. The Morgan fingerprint density at radius 2 is 1.83 bits per heavy atom. The van der Waals surface area contributed by atoms with Crippen LogP contribution in [0.5, 0.6) is 11.5 Å². The summed E-state index contributed by atoms with van der Waals surface area (Å²) >= 11 is 5.38. The third kappa shape index (κ3) is 4.17. The van der Waals surface area contributed by atoms with E-state index in [1.54, 1.807) is 34.1 Å². The molecule has 0 aliphatic carbocycles. The summed E-state index contributed by atoms with van der Waals surface area (Å²) in [5, 5.41) is 3.90. The van der Waals surface area contributed by atoms with Crippen LogP contribution in [-0.4, -0.2) is 83.5 Å². The summed E-state index contributed by atoms with van der Waals surface area (Å²) in [7, 11) is 3.07. The molecule has 5 rings (SSSR count). The van der Waals surface area contributed by atoms with Crippen molar-refractivity contribution in [2.45, 2.75) is 18.9 Å². The van der Waals surface area contributed by atoms with Crippen LogP contribution in [0, 0.1) is 4.77 Å². The predicted octanol–water partition coefficient (Wildman–Crippen LogP) is 2.58. The first kappa shape index (κ1) is 23.8. The molecule has 1 fully saturated rings. The normalized spacial score (nSPS) is 17.2. The minimum absolute atomic E-state index is 0.0661. The summed E-state index contributed by atoms with van der Waals surface area (Å²) < 4.78 is 17.4. The van der Waals surface area contributed by atoms with E-state index in [4.69, 9.17) is 26.1 Å². The smallest absolute Gasteiger partial charge is 0.289 e. The highest BCUT2D eigenvalue weighted by molar-refractivity contribution is 7.71. The van der Waals surface area contributed by atoms with Crippen molar-refractivity contribution >= 4 is 46.7 Å². The minimum Gasteiger partial charge on any atom is -0.493 e. The van der Waals surface area contributed by atoms with Crippen molar-refractivity contribution in [1.82, 2.24) is 19.4 Å². The highest BCUT2D eigenvalue weighted by Gasteiger charge is 2.33. The number of hydrogen-bond acceptors (Lipinski definition) is 9. The molecule has 2 aromatic heterocycles. The number of methoxy groups -OCH3 is 2. The second kappa shape index (κ2) is 9.61. The molecule has 2 amide bonds. The molecular formula is C24H25N5O6S. The van der Waals surface area contributed by atoms with E-state index in [0.717, 1.165) is 0 Å². The van der Waals surface area contributed by atoms with Crippen LogP contribution in [0.4, 0.5) is 5.82 Å². The molecular weight excluding hydrogens is 486 g/mol. The Balaban J connectivity index is 1.24. The topological polar surface area (TPSA) is 119 Å². The van der Waals surface area contributed by atoms with Gasteiger partial charge in [-0.2, -0.15) is 0 Å². The molecule has 0 saturated carbocycles. The van der Waals surface area contributed by atoms with Gasteiger partial charge in [0.1, 0.15) is 11.9 Å². The fourth-order valence-corrected chi connectivity index (χ4v) is 4.87. The van der Waals surface area contributed by atoms with Gasteiger partial charge in [0, 0.05) is 44.1 Å². The molecule has 2 aliphatic heterocycles. The summed E-state index contributed by atoms with van der Waals surface area (Å²) in [6, 6.07) is 6.14. The molecule has 1 N–H and O–H groups in total. The van der Waals surface area contributed by atoms with Crippen molar-refractivity contribution in [2.24, 2.45) is 0 Å². The van der Waals surface area contributed by atoms with Crippen LogP contribution >= 0.6 is 12.2 Å². The van der Waals surface area contributed by atoms with Crippen molar-refractivity contribution in [3.8, 4) is 11.5 Å². The molecule has 1 unspecified atom stereocenters. The van der Waals surface area contributed by atoms with Crippen LogP contribution < -0.4 is 14.8 Å². The van der Waals surface area contributed by atoms with E-state index >= 15 is 0 Å². The largest absolute Gasteiger partial charge is 0.493 e. The molecule has 0 spiro atoms. The Bertz CT molecular complexity index is 1390. The number of aromatic nitrogens is 2. The number of ether oxygens (including phenoxy) is 2. The van der Waals surface area contributed by atoms with Crippen LogP contribution in [0.15, 0.2) is 34.9 Å². The van der Waals surface area contributed by atoms with Gasteiger partial charge in [0.15, 0.2) is 17.3 Å². The van der Waals surface area contributed by atoms with E-state index in [1.807, 2.05) is 0 Å². The molecule has 1 saturated heterocycles. The zero-order chi connectivity index (χ0) is 25.4. The number of piperazine rings is 1. The first-order chi connectivity index (χ1) is 17.4. The number of carbonyl (C=O) groups is 3. The van der Waals surface area contributed by atoms with Crippen LogP contribution in [0.25, 0.3) is 10.9 Å². The number of benzene rings is 1. The maximum absolute atomic E-state index is 13.1. The average molecular weight is 512 g/mol. The molecule has 0 bridgehead atoms. The standard InChI is InChI=1S/C24H25N5O6S/c1-33-18-12-14-16(13-19(18)34-2)26-24(36)29-21(14)25-15(22(29)31)5-6-20(30)27-7-9-28(10-8-27)23(32)17-4-3-11-35-17/h3-4,11-13,15,25H,5-10H2,1-2H3. The minimum atomic E-state index is -0.613. The van der Waals surface area contributed by atoms with Crippen molar-refractivity contribution in [3.05, 3.63) is 41.1 Å². The highest BCUT2D eigenvalue weighted by atomic mass is 32.1. The van der Waals surface area contributed by atoms with Crippen molar-refractivity contribution in [3.63, 3.8) is 0 Å². The average Bonchev–Trinajstić information content (AvgIpc) is 3.55. The lowest BCUT2D eigenvalue weighted by atomic mass is 10.1. The molecule has 188 valence electrons. The molecule has 1 aromatic carbocycles. The van der Waals surface area contributed by atoms with Gasteiger partial charge in [0.25, 0.3) is 11.8 Å². The number of hydrogen-bond donors (Lipinski definition) is 1. The summed E-state index contributed by atoms with van der Waals surface area (Å²) in [6.07, 6.45) is 1.94. The first-order valence-corrected chi connectivity index (χ1v) is 11.9. The molecule has 2 aliphatic rings. The highest BCUT2D eigenvalue weighted by Crippen LogP contribution is 2.37. The molecule has 3 aromatic rings. The van der Waals surface area contributed by atoms with Gasteiger partial charge in [-0.05, 0) is 36.8 Å². The van der Waals surface area contributed by atoms with Gasteiger partial charge in [0.05, 0.1) is 26.0 Å². The van der Waals surface area contributed by atoms with Crippen LogP contribution in [0.3, 0.4) is 0 Å². The van der Waals surface area contributed by atoms with Crippen LogP contribution in [0.2, 0.25) is 0 Å². The third-order valence-electron chi connectivity index (χ3n) is 6.52. The summed E-state index contributed by atoms with van der Waals surface area (Å²) in [4.78, 5) is 46.2. The number of rotatable bonds is 6. The van der Waals surface area contributed by atoms with Gasteiger partial charge in [-0.25, -0.2) is 9.55 Å². The zero-order valence-corrected chi connectivity index (χ0v) is 20.7. The number of nitrogens with zero attached hydrogens (tertiary/aromatic N) is 4. The Labute approximate surface area is 211 Å². The number of nitrogens with one attached hydrogen (secondary N) is 1. The summed E-state index contributed by atoms with van der Waals surface area (Å²) in [5.41, 5.74) is 0.572.